The summed E-state index contributed by atoms with van der Waals surface area (Å²) < 4.78 is 5.11. The first kappa shape index (κ1) is 13.0. The van der Waals surface area contributed by atoms with Gasteiger partial charge in [-0.25, -0.2) is 4.98 Å². The van der Waals surface area contributed by atoms with Crippen LogP contribution in [0.5, 0.6) is 5.88 Å². The largest absolute Gasteiger partial charge is 0.481 e. The quantitative estimate of drug-likeness (QED) is 0.744. The molecule has 1 aromatic rings. The average molecular weight is 244 g/mol. The number of anilines is 1. The molecule has 1 aromatic heterocycles. The maximum atomic E-state index is 5.91. The number of rotatable bonds is 5. The van der Waals surface area contributed by atoms with E-state index in [9.17, 15) is 0 Å². The molecule has 0 amide bonds. The van der Waals surface area contributed by atoms with Crippen molar-refractivity contribution >= 4 is 17.5 Å². The third-order valence-electron chi connectivity index (χ3n) is 2.23. The van der Waals surface area contributed by atoms with Crippen LogP contribution in [0.2, 0.25) is 0 Å². The Balaban J connectivity index is 2.74. The summed E-state index contributed by atoms with van der Waals surface area (Å²) in [6, 6.07) is 1.81. The number of ether oxygens (including phenoxy) is 1. The van der Waals surface area contributed by atoms with Gasteiger partial charge in [0.1, 0.15) is 0 Å². The van der Waals surface area contributed by atoms with E-state index in [-0.39, 0.29) is 5.38 Å². The highest BCUT2D eigenvalue weighted by atomic mass is 35.5. The number of halogens is 1. The van der Waals surface area contributed by atoms with Crippen molar-refractivity contribution < 1.29 is 4.74 Å². The van der Waals surface area contributed by atoms with E-state index < -0.39 is 0 Å². The number of aromatic nitrogens is 2. The maximum Gasteiger partial charge on any atom is 0.228 e. The van der Waals surface area contributed by atoms with Gasteiger partial charge in [0.05, 0.1) is 7.11 Å². The lowest BCUT2D eigenvalue weighted by Gasteiger charge is -2.18. The van der Waals surface area contributed by atoms with Crippen molar-refractivity contribution in [3.63, 3.8) is 0 Å². The second-order valence-electron chi connectivity index (χ2n) is 3.84. The van der Waals surface area contributed by atoms with Crippen molar-refractivity contribution in [1.29, 1.82) is 0 Å². The summed E-state index contributed by atoms with van der Waals surface area (Å²) in [6.45, 7) is 4.73. The average Bonchev–Trinajstić information content (AvgIpc) is 2.24. The summed E-state index contributed by atoms with van der Waals surface area (Å²) in [7, 11) is 3.56. The van der Waals surface area contributed by atoms with Crippen LogP contribution in [0.4, 0.5) is 5.95 Å². The Kier molecular flexibility index (Phi) is 4.80. The van der Waals surface area contributed by atoms with E-state index in [0.29, 0.717) is 11.8 Å². The number of methoxy groups -OCH3 is 1. The monoisotopic (exact) mass is 243 g/mol. The van der Waals surface area contributed by atoms with Crippen LogP contribution in [0.25, 0.3) is 0 Å². The third kappa shape index (κ3) is 3.85. The highest BCUT2D eigenvalue weighted by Gasteiger charge is 2.08. The first-order valence-corrected chi connectivity index (χ1v) is 5.71. The summed E-state index contributed by atoms with van der Waals surface area (Å²) in [4.78, 5) is 10.6. The van der Waals surface area contributed by atoms with Crippen molar-refractivity contribution in [3.8, 4) is 5.88 Å². The molecule has 4 nitrogen and oxygen atoms in total. The van der Waals surface area contributed by atoms with Gasteiger partial charge < -0.3 is 9.64 Å². The van der Waals surface area contributed by atoms with E-state index in [1.165, 1.54) is 0 Å². The number of nitrogens with zero attached hydrogens (tertiary/aromatic N) is 3. The Labute approximate surface area is 102 Å². The van der Waals surface area contributed by atoms with Crippen molar-refractivity contribution in [2.24, 2.45) is 0 Å². The van der Waals surface area contributed by atoms with Gasteiger partial charge in [0.2, 0.25) is 11.8 Å². The lowest BCUT2D eigenvalue weighted by atomic mass is 10.3. The van der Waals surface area contributed by atoms with Crippen LogP contribution < -0.4 is 9.64 Å². The van der Waals surface area contributed by atoms with Gasteiger partial charge in [-0.3, -0.25) is 0 Å². The molecule has 0 radical (unpaired) electrons. The fourth-order valence-corrected chi connectivity index (χ4v) is 1.37. The number of aryl methyl sites for hydroxylation is 1. The Bertz CT molecular complexity index is 344. The summed E-state index contributed by atoms with van der Waals surface area (Å²) in [5, 5.41) is 0.161. The van der Waals surface area contributed by atoms with Crippen LogP contribution >= 0.6 is 11.6 Å². The van der Waals surface area contributed by atoms with E-state index in [2.05, 4.69) is 9.97 Å². The molecule has 0 fully saturated rings. The molecule has 0 saturated heterocycles. The summed E-state index contributed by atoms with van der Waals surface area (Å²) >= 11 is 5.91. The molecule has 16 heavy (non-hydrogen) atoms. The topological polar surface area (TPSA) is 38.2 Å². The Hall–Kier alpha value is -1.03. The van der Waals surface area contributed by atoms with Crippen LogP contribution in [-0.2, 0) is 0 Å². The fourth-order valence-electron chi connectivity index (χ4n) is 1.27. The third-order valence-corrected chi connectivity index (χ3v) is 2.45. The van der Waals surface area contributed by atoms with Crippen LogP contribution in [0, 0.1) is 6.92 Å². The SMILES string of the molecule is COc1cc(C)nc(N(C)CCC(C)Cl)n1. The van der Waals surface area contributed by atoms with Gasteiger partial charge in [0, 0.05) is 30.7 Å². The summed E-state index contributed by atoms with van der Waals surface area (Å²) in [5.74, 6) is 1.27. The zero-order chi connectivity index (χ0) is 12.1. The first-order chi connectivity index (χ1) is 7.52. The van der Waals surface area contributed by atoms with Gasteiger partial charge in [-0.1, -0.05) is 0 Å². The molecule has 1 heterocycles. The molecule has 0 bridgehead atoms. The zero-order valence-corrected chi connectivity index (χ0v) is 11.0. The van der Waals surface area contributed by atoms with Crippen molar-refractivity contribution in [3.05, 3.63) is 11.8 Å². The molecule has 1 atom stereocenters. The molecule has 0 saturated carbocycles. The van der Waals surface area contributed by atoms with Crippen LogP contribution in [0.1, 0.15) is 19.0 Å². The minimum absolute atomic E-state index is 0.161. The highest BCUT2D eigenvalue weighted by molar-refractivity contribution is 6.20. The van der Waals surface area contributed by atoms with Gasteiger partial charge in [-0.2, -0.15) is 4.98 Å². The van der Waals surface area contributed by atoms with Gasteiger partial charge in [-0.15, -0.1) is 11.6 Å². The smallest absolute Gasteiger partial charge is 0.228 e. The van der Waals surface area contributed by atoms with Gasteiger partial charge in [0.15, 0.2) is 0 Å². The molecule has 90 valence electrons. The molecule has 0 N–H and O–H groups in total. The predicted molar refractivity (Wildman–Crippen MR) is 66.5 cm³/mol. The Morgan fingerprint density at radius 1 is 1.50 bits per heavy atom. The van der Waals surface area contributed by atoms with E-state index in [1.807, 2.05) is 31.9 Å². The zero-order valence-electron chi connectivity index (χ0n) is 10.2. The first-order valence-electron chi connectivity index (χ1n) is 5.28. The van der Waals surface area contributed by atoms with E-state index in [4.69, 9.17) is 16.3 Å². The van der Waals surface area contributed by atoms with Gasteiger partial charge in [-0.05, 0) is 20.3 Å². The van der Waals surface area contributed by atoms with Crippen molar-refractivity contribution in [1.82, 2.24) is 9.97 Å². The Morgan fingerprint density at radius 3 is 2.75 bits per heavy atom. The number of hydrogen-bond acceptors (Lipinski definition) is 4. The van der Waals surface area contributed by atoms with E-state index in [1.54, 1.807) is 7.11 Å². The molecular formula is C11H18ClN3O. The van der Waals surface area contributed by atoms with Crippen molar-refractivity contribution in [2.75, 3.05) is 25.6 Å². The molecule has 0 aromatic carbocycles. The maximum absolute atomic E-state index is 5.91. The normalized spacial score (nSPS) is 12.3. The van der Waals surface area contributed by atoms with E-state index >= 15 is 0 Å². The van der Waals surface area contributed by atoms with Crippen LogP contribution in [0.3, 0.4) is 0 Å². The van der Waals surface area contributed by atoms with E-state index in [0.717, 1.165) is 18.7 Å². The summed E-state index contributed by atoms with van der Waals surface area (Å²) in [5.41, 5.74) is 0.896. The number of hydrogen-bond donors (Lipinski definition) is 0. The molecule has 5 heteroatoms. The highest BCUT2D eigenvalue weighted by Crippen LogP contribution is 2.14. The van der Waals surface area contributed by atoms with Crippen molar-refractivity contribution in [2.45, 2.75) is 25.6 Å². The molecule has 0 spiro atoms. The van der Waals surface area contributed by atoms with Gasteiger partial charge >= 0.3 is 0 Å². The lowest BCUT2D eigenvalue weighted by Crippen LogP contribution is -2.23. The fraction of sp³-hybridized carbons (Fsp3) is 0.636. The lowest BCUT2D eigenvalue weighted by molar-refractivity contribution is 0.396. The standard InChI is InChI=1S/C11H18ClN3O/c1-8(12)5-6-15(3)11-13-9(2)7-10(14-11)16-4/h7-8H,5-6H2,1-4H3. The van der Waals surface area contributed by atoms with Gasteiger partial charge in [0.25, 0.3) is 0 Å². The number of alkyl halides is 1. The predicted octanol–water partition coefficient (Wildman–Crippen LogP) is 2.25. The Morgan fingerprint density at radius 2 is 2.19 bits per heavy atom. The molecule has 0 aliphatic heterocycles. The second kappa shape index (κ2) is 5.89. The molecular weight excluding hydrogens is 226 g/mol. The minimum Gasteiger partial charge on any atom is -0.481 e. The second-order valence-corrected chi connectivity index (χ2v) is 4.59. The molecule has 1 unspecified atom stereocenters. The summed E-state index contributed by atoms with van der Waals surface area (Å²) in [6.07, 6.45) is 0.900. The minimum atomic E-state index is 0.161. The molecule has 0 aliphatic carbocycles. The van der Waals surface area contributed by atoms with Crippen LogP contribution in [-0.4, -0.2) is 36.0 Å². The van der Waals surface area contributed by atoms with Crippen LogP contribution in [0.15, 0.2) is 6.07 Å². The molecule has 0 aliphatic rings. The molecule has 1 rings (SSSR count).